The van der Waals surface area contributed by atoms with Gasteiger partial charge in [0.2, 0.25) is 0 Å². The molecule has 0 saturated carbocycles. The van der Waals surface area contributed by atoms with Gasteiger partial charge in [-0.3, -0.25) is 0 Å². The SMILES string of the molecule is COc1c(Cl)cc(C(C)CCN)c(C(C)C)c1OC. The Hall–Kier alpha value is -0.930. The fourth-order valence-corrected chi connectivity index (χ4v) is 2.72. The van der Waals surface area contributed by atoms with Gasteiger partial charge in [-0.05, 0) is 36.4 Å². The van der Waals surface area contributed by atoms with Gasteiger partial charge in [-0.1, -0.05) is 32.4 Å². The molecule has 0 aliphatic carbocycles. The monoisotopic (exact) mass is 285 g/mol. The van der Waals surface area contributed by atoms with Gasteiger partial charge in [-0.2, -0.15) is 0 Å². The maximum absolute atomic E-state index is 6.30. The van der Waals surface area contributed by atoms with E-state index in [2.05, 4.69) is 20.8 Å². The molecule has 1 unspecified atom stereocenters. The summed E-state index contributed by atoms with van der Waals surface area (Å²) in [5, 5.41) is 0.586. The molecule has 4 heteroatoms. The standard InChI is InChI=1S/C15H24ClNO2/c1-9(2)13-11(10(3)6-7-17)8-12(16)14(18-4)15(13)19-5/h8-10H,6-7,17H2,1-5H3. The van der Waals surface area contributed by atoms with Crippen molar-refractivity contribution in [2.45, 2.75) is 39.0 Å². The molecule has 3 nitrogen and oxygen atoms in total. The van der Waals surface area contributed by atoms with Gasteiger partial charge in [-0.15, -0.1) is 0 Å². The largest absolute Gasteiger partial charge is 0.492 e. The molecule has 0 aromatic heterocycles. The van der Waals surface area contributed by atoms with Crippen molar-refractivity contribution in [3.63, 3.8) is 0 Å². The highest BCUT2D eigenvalue weighted by molar-refractivity contribution is 6.32. The van der Waals surface area contributed by atoms with E-state index in [-0.39, 0.29) is 0 Å². The lowest BCUT2D eigenvalue weighted by Gasteiger charge is -2.23. The van der Waals surface area contributed by atoms with E-state index in [1.165, 1.54) is 5.56 Å². The minimum atomic E-state index is 0.330. The van der Waals surface area contributed by atoms with Gasteiger partial charge in [0.05, 0.1) is 19.2 Å². The van der Waals surface area contributed by atoms with Crippen molar-refractivity contribution < 1.29 is 9.47 Å². The van der Waals surface area contributed by atoms with Crippen molar-refractivity contribution in [1.82, 2.24) is 0 Å². The van der Waals surface area contributed by atoms with Crippen LogP contribution in [0.5, 0.6) is 11.5 Å². The number of nitrogens with two attached hydrogens (primary N) is 1. The summed E-state index contributed by atoms with van der Waals surface area (Å²) in [5.41, 5.74) is 8.02. The second-order valence-corrected chi connectivity index (χ2v) is 5.47. The molecule has 0 radical (unpaired) electrons. The van der Waals surface area contributed by atoms with E-state index in [0.717, 1.165) is 17.7 Å². The van der Waals surface area contributed by atoms with Crippen molar-refractivity contribution in [2.75, 3.05) is 20.8 Å². The first-order valence-corrected chi connectivity index (χ1v) is 6.99. The number of benzene rings is 1. The number of ether oxygens (including phenoxy) is 2. The molecule has 0 aliphatic rings. The number of methoxy groups -OCH3 is 2. The van der Waals surface area contributed by atoms with Gasteiger partial charge in [0.1, 0.15) is 0 Å². The van der Waals surface area contributed by atoms with Gasteiger partial charge in [-0.25, -0.2) is 0 Å². The van der Waals surface area contributed by atoms with Gasteiger partial charge in [0.25, 0.3) is 0 Å². The maximum Gasteiger partial charge on any atom is 0.179 e. The highest BCUT2D eigenvalue weighted by Gasteiger charge is 2.23. The average Bonchev–Trinajstić information content (AvgIpc) is 2.36. The molecule has 108 valence electrons. The third-order valence-electron chi connectivity index (χ3n) is 3.38. The molecule has 19 heavy (non-hydrogen) atoms. The summed E-state index contributed by atoms with van der Waals surface area (Å²) in [6, 6.07) is 1.98. The van der Waals surface area contributed by atoms with Crippen molar-refractivity contribution >= 4 is 11.6 Å². The number of halogens is 1. The first-order valence-electron chi connectivity index (χ1n) is 6.62. The molecule has 1 rings (SSSR count). The summed E-state index contributed by atoms with van der Waals surface area (Å²) in [4.78, 5) is 0. The van der Waals surface area contributed by atoms with Crippen LogP contribution in [0.3, 0.4) is 0 Å². The van der Waals surface area contributed by atoms with E-state index in [4.69, 9.17) is 26.8 Å². The van der Waals surface area contributed by atoms with E-state index in [9.17, 15) is 0 Å². The van der Waals surface area contributed by atoms with E-state index >= 15 is 0 Å². The second kappa shape index (κ2) is 7.01. The maximum atomic E-state index is 6.30. The van der Waals surface area contributed by atoms with Crippen LogP contribution < -0.4 is 15.2 Å². The third-order valence-corrected chi connectivity index (χ3v) is 3.66. The number of hydrogen-bond donors (Lipinski definition) is 1. The van der Waals surface area contributed by atoms with Crippen LogP contribution in [-0.2, 0) is 0 Å². The molecule has 0 fully saturated rings. The lowest BCUT2D eigenvalue weighted by molar-refractivity contribution is 0.349. The molecule has 1 aromatic rings. The summed E-state index contributed by atoms with van der Waals surface area (Å²) in [6.07, 6.45) is 0.922. The van der Waals surface area contributed by atoms with Gasteiger partial charge in [0, 0.05) is 5.56 Å². The van der Waals surface area contributed by atoms with Crippen LogP contribution in [0.15, 0.2) is 6.07 Å². The predicted octanol–water partition coefficient (Wildman–Crippen LogP) is 3.93. The van der Waals surface area contributed by atoms with E-state index in [1.54, 1.807) is 14.2 Å². The van der Waals surface area contributed by atoms with E-state index in [1.807, 2.05) is 6.07 Å². The average molecular weight is 286 g/mol. The molecule has 1 atom stereocenters. The first-order chi connectivity index (χ1) is 8.97. The smallest absolute Gasteiger partial charge is 0.179 e. The fourth-order valence-electron chi connectivity index (χ4n) is 2.44. The quantitative estimate of drug-likeness (QED) is 0.861. The van der Waals surface area contributed by atoms with Gasteiger partial charge >= 0.3 is 0 Å². The Labute approximate surface area is 121 Å². The second-order valence-electron chi connectivity index (χ2n) is 5.06. The molecule has 0 heterocycles. The fraction of sp³-hybridized carbons (Fsp3) is 0.600. The Morgan fingerprint density at radius 3 is 2.16 bits per heavy atom. The molecular weight excluding hydrogens is 262 g/mol. The molecular formula is C15H24ClNO2. The van der Waals surface area contributed by atoms with Crippen LogP contribution >= 0.6 is 11.6 Å². The molecule has 0 aliphatic heterocycles. The zero-order valence-electron chi connectivity index (χ0n) is 12.4. The van der Waals surface area contributed by atoms with Crippen LogP contribution in [0.25, 0.3) is 0 Å². The molecule has 0 bridgehead atoms. The summed E-state index contributed by atoms with van der Waals surface area (Å²) < 4.78 is 10.9. The molecule has 0 amide bonds. The lowest BCUT2D eigenvalue weighted by atomic mass is 9.87. The normalized spacial score (nSPS) is 12.6. The molecule has 0 saturated heterocycles. The van der Waals surface area contributed by atoms with Crippen molar-refractivity contribution in [3.05, 3.63) is 22.2 Å². The molecule has 0 spiro atoms. The van der Waals surface area contributed by atoms with Gasteiger partial charge in [0.15, 0.2) is 11.5 Å². The Morgan fingerprint density at radius 2 is 1.74 bits per heavy atom. The third kappa shape index (κ3) is 3.34. The van der Waals surface area contributed by atoms with Crippen LogP contribution in [0.1, 0.15) is 50.2 Å². The summed E-state index contributed by atoms with van der Waals surface area (Å²) in [6.45, 7) is 7.11. The lowest BCUT2D eigenvalue weighted by Crippen LogP contribution is -2.09. The Bertz CT molecular complexity index is 433. The van der Waals surface area contributed by atoms with Crippen molar-refractivity contribution in [2.24, 2.45) is 5.73 Å². The van der Waals surface area contributed by atoms with Gasteiger partial charge < -0.3 is 15.2 Å². The zero-order chi connectivity index (χ0) is 14.6. The van der Waals surface area contributed by atoms with Crippen molar-refractivity contribution in [3.8, 4) is 11.5 Å². The predicted molar refractivity (Wildman–Crippen MR) is 80.7 cm³/mol. The molecule has 1 aromatic carbocycles. The highest BCUT2D eigenvalue weighted by Crippen LogP contribution is 2.45. The van der Waals surface area contributed by atoms with Crippen LogP contribution in [-0.4, -0.2) is 20.8 Å². The zero-order valence-corrected chi connectivity index (χ0v) is 13.2. The summed E-state index contributed by atoms with van der Waals surface area (Å²) in [7, 11) is 3.26. The van der Waals surface area contributed by atoms with E-state index < -0.39 is 0 Å². The highest BCUT2D eigenvalue weighted by atomic mass is 35.5. The Morgan fingerprint density at radius 1 is 1.16 bits per heavy atom. The topological polar surface area (TPSA) is 44.5 Å². The first kappa shape index (κ1) is 16.1. The summed E-state index contributed by atoms with van der Waals surface area (Å²) in [5.74, 6) is 2.02. The molecule has 2 N–H and O–H groups in total. The Kier molecular flexibility index (Phi) is 5.95. The van der Waals surface area contributed by atoms with Crippen molar-refractivity contribution in [1.29, 1.82) is 0 Å². The number of rotatable bonds is 6. The van der Waals surface area contributed by atoms with E-state index in [0.29, 0.717) is 29.2 Å². The Balaban J connectivity index is 3.49. The van der Waals surface area contributed by atoms with Crippen LogP contribution in [0, 0.1) is 0 Å². The van der Waals surface area contributed by atoms with Crippen LogP contribution in [0.4, 0.5) is 0 Å². The minimum Gasteiger partial charge on any atom is -0.492 e. The summed E-state index contributed by atoms with van der Waals surface area (Å²) >= 11 is 6.30. The van der Waals surface area contributed by atoms with Crippen LogP contribution in [0.2, 0.25) is 5.02 Å². The minimum absolute atomic E-state index is 0.330. The number of hydrogen-bond acceptors (Lipinski definition) is 3.